The smallest absolute Gasteiger partial charge is 0.211 e. The first-order chi connectivity index (χ1) is 6.85. The summed E-state index contributed by atoms with van der Waals surface area (Å²) in [5, 5.41) is 0. The number of hydroxylamine groups is 1. The van der Waals surface area contributed by atoms with Crippen LogP contribution in [0, 0.1) is 5.92 Å². The van der Waals surface area contributed by atoms with Crippen molar-refractivity contribution in [3.8, 4) is 0 Å². The highest BCUT2D eigenvalue weighted by molar-refractivity contribution is 5.17. The van der Waals surface area contributed by atoms with Crippen molar-refractivity contribution in [2.75, 3.05) is 33.9 Å². The number of hydrogen-bond acceptors (Lipinski definition) is 4. The van der Waals surface area contributed by atoms with E-state index in [9.17, 15) is 0 Å². The van der Waals surface area contributed by atoms with Crippen molar-refractivity contribution in [2.45, 2.75) is 12.8 Å². The van der Waals surface area contributed by atoms with E-state index in [4.69, 9.17) is 9.57 Å². The second-order valence-electron chi connectivity index (χ2n) is 3.92. The fourth-order valence-corrected chi connectivity index (χ4v) is 2.40. The zero-order valence-electron chi connectivity index (χ0n) is 8.88. The predicted molar refractivity (Wildman–Crippen MR) is 53.3 cm³/mol. The van der Waals surface area contributed by atoms with Gasteiger partial charge in [0.25, 0.3) is 0 Å². The second-order valence-corrected chi connectivity index (χ2v) is 3.92. The van der Waals surface area contributed by atoms with Crippen LogP contribution in [0.2, 0.25) is 0 Å². The number of rotatable bonds is 3. The van der Waals surface area contributed by atoms with Crippen LogP contribution in [0.25, 0.3) is 0 Å². The van der Waals surface area contributed by atoms with Crippen LogP contribution in [0.3, 0.4) is 0 Å². The van der Waals surface area contributed by atoms with E-state index in [0.29, 0.717) is 5.92 Å². The molecule has 3 rings (SSSR count). The molecule has 0 radical (unpaired) electrons. The van der Waals surface area contributed by atoms with Crippen LogP contribution in [0.15, 0.2) is 11.5 Å². The van der Waals surface area contributed by atoms with E-state index in [-0.39, 0.29) is 0 Å². The fourth-order valence-electron chi connectivity index (χ4n) is 2.40. The minimum Gasteiger partial charge on any atom is -0.481 e. The quantitative estimate of drug-likeness (QED) is 0.535. The Balaban J connectivity index is 2.14. The number of methoxy groups -OCH3 is 1. The molecule has 3 aliphatic rings. The zero-order chi connectivity index (χ0) is 9.97. The predicted octanol–water partition coefficient (Wildman–Crippen LogP) is 0.721. The summed E-state index contributed by atoms with van der Waals surface area (Å²) in [5.74, 6) is 1.50. The monoisotopic (exact) mass is 198 g/mol. The average Bonchev–Trinajstić information content (AvgIpc) is 2.27. The third kappa shape index (κ3) is 1.72. The van der Waals surface area contributed by atoms with Crippen LogP contribution in [0.4, 0.5) is 0 Å². The summed E-state index contributed by atoms with van der Waals surface area (Å²) in [6.45, 7) is 3.50. The third-order valence-electron chi connectivity index (χ3n) is 3.16. The molecule has 4 nitrogen and oxygen atoms in total. The summed E-state index contributed by atoms with van der Waals surface area (Å²) < 4.78 is 5.30. The van der Waals surface area contributed by atoms with E-state index in [0.717, 1.165) is 12.4 Å². The molecule has 4 heteroatoms. The Hall–Kier alpha value is -0.740. The van der Waals surface area contributed by atoms with Crippen LogP contribution < -0.4 is 5.48 Å². The van der Waals surface area contributed by atoms with Crippen LogP contribution >= 0.6 is 0 Å². The maximum atomic E-state index is 5.30. The SMILES string of the molecule is CON/C(OC)=C1/CN2CCC1CC2. The lowest BCUT2D eigenvalue weighted by Crippen LogP contribution is -2.44. The molecule has 0 aliphatic carbocycles. The minimum absolute atomic E-state index is 0.692. The Morgan fingerprint density at radius 3 is 2.50 bits per heavy atom. The molecule has 14 heavy (non-hydrogen) atoms. The zero-order valence-corrected chi connectivity index (χ0v) is 8.88. The van der Waals surface area contributed by atoms with Crippen LogP contribution in [-0.2, 0) is 9.57 Å². The molecule has 3 saturated heterocycles. The highest BCUT2D eigenvalue weighted by Gasteiger charge is 2.32. The molecule has 3 heterocycles. The molecular formula is C10H18N2O2. The molecule has 2 bridgehead atoms. The van der Waals surface area contributed by atoms with Crippen molar-refractivity contribution >= 4 is 0 Å². The van der Waals surface area contributed by atoms with Gasteiger partial charge in [-0.05, 0) is 31.8 Å². The van der Waals surface area contributed by atoms with Crippen LogP contribution in [0.5, 0.6) is 0 Å². The number of piperidine rings is 3. The van der Waals surface area contributed by atoms with Gasteiger partial charge in [0.15, 0.2) is 0 Å². The van der Waals surface area contributed by atoms with E-state index in [1.807, 2.05) is 0 Å². The van der Waals surface area contributed by atoms with Gasteiger partial charge in [-0.1, -0.05) is 0 Å². The highest BCUT2D eigenvalue weighted by atomic mass is 16.7. The molecular weight excluding hydrogens is 180 g/mol. The summed E-state index contributed by atoms with van der Waals surface area (Å²) in [5.41, 5.74) is 4.19. The largest absolute Gasteiger partial charge is 0.481 e. The van der Waals surface area contributed by atoms with Crippen molar-refractivity contribution in [2.24, 2.45) is 5.92 Å². The molecule has 0 aromatic carbocycles. The van der Waals surface area contributed by atoms with Crippen LogP contribution in [0.1, 0.15) is 12.8 Å². The fraction of sp³-hybridized carbons (Fsp3) is 0.800. The number of nitrogens with zero attached hydrogens (tertiary/aromatic N) is 1. The van der Waals surface area contributed by atoms with E-state index < -0.39 is 0 Å². The topological polar surface area (TPSA) is 33.7 Å². The van der Waals surface area contributed by atoms with E-state index in [1.54, 1.807) is 14.2 Å². The number of hydrogen-bond donors (Lipinski definition) is 1. The molecule has 0 saturated carbocycles. The minimum atomic E-state index is 0.692. The van der Waals surface area contributed by atoms with Gasteiger partial charge in [-0.15, -0.1) is 0 Å². The standard InChI is InChI=1S/C10H18N2O2/c1-13-10(11-14-2)9-7-12-5-3-8(9)4-6-12/h8,11H,3-7H2,1-2H3/b10-9+. The average molecular weight is 198 g/mol. The lowest BCUT2D eigenvalue weighted by Gasteiger charge is -2.41. The van der Waals surface area contributed by atoms with Gasteiger partial charge >= 0.3 is 0 Å². The molecule has 0 aromatic heterocycles. The van der Waals surface area contributed by atoms with Gasteiger partial charge in [0.2, 0.25) is 5.88 Å². The first-order valence-corrected chi connectivity index (χ1v) is 5.13. The Kier molecular flexibility index (Phi) is 2.93. The molecule has 3 aliphatic heterocycles. The van der Waals surface area contributed by atoms with Gasteiger partial charge in [-0.3, -0.25) is 9.74 Å². The second kappa shape index (κ2) is 4.19. The Bertz CT molecular complexity index is 232. The van der Waals surface area contributed by atoms with Gasteiger partial charge in [0.05, 0.1) is 14.2 Å². The van der Waals surface area contributed by atoms with Gasteiger partial charge in [-0.2, -0.15) is 0 Å². The van der Waals surface area contributed by atoms with Crippen molar-refractivity contribution in [1.82, 2.24) is 10.4 Å². The lowest BCUT2D eigenvalue weighted by molar-refractivity contribution is 0.0523. The van der Waals surface area contributed by atoms with Crippen molar-refractivity contribution in [1.29, 1.82) is 0 Å². The van der Waals surface area contributed by atoms with Gasteiger partial charge in [0.1, 0.15) is 0 Å². The summed E-state index contributed by atoms with van der Waals surface area (Å²) in [7, 11) is 3.30. The molecule has 0 aromatic rings. The Morgan fingerprint density at radius 1 is 1.36 bits per heavy atom. The Labute approximate surface area is 84.8 Å². The summed E-state index contributed by atoms with van der Waals surface area (Å²) in [6, 6.07) is 0. The number of fused-ring (bicyclic) bond motifs is 3. The van der Waals surface area contributed by atoms with Crippen LogP contribution in [-0.4, -0.2) is 38.8 Å². The summed E-state index contributed by atoms with van der Waals surface area (Å²) in [6.07, 6.45) is 2.52. The normalized spacial score (nSPS) is 34.1. The first kappa shape index (κ1) is 9.80. The third-order valence-corrected chi connectivity index (χ3v) is 3.16. The van der Waals surface area contributed by atoms with Gasteiger partial charge in [-0.25, -0.2) is 5.48 Å². The molecule has 0 atom stereocenters. The maximum Gasteiger partial charge on any atom is 0.211 e. The molecule has 0 spiro atoms. The van der Waals surface area contributed by atoms with Gasteiger partial charge < -0.3 is 4.74 Å². The summed E-state index contributed by atoms with van der Waals surface area (Å²) >= 11 is 0. The molecule has 80 valence electrons. The molecule has 1 N–H and O–H groups in total. The van der Waals surface area contributed by atoms with E-state index in [2.05, 4.69) is 10.4 Å². The maximum absolute atomic E-state index is 5.30. The van der Waals surface area contributed by atoms with Gasteiger partial charge in [0, 0.05) is 12.1 Å². The lowest BCUT2D eigenvalue weighted by atomic mass is 9.84. The summed E-state index contributed by atoms with van der Waals surface area (Å²) in [4.78, 5) is 7.37. The number of nitrogens with one attached hydrogen (secondary N) is 1. The van der Waals surface area contributed by atoms with E-state index >= 15 is 0 Å². The molecule has 3 fully saturated rings. The number of ether oxygens (including phenoxy) is 1. The molecule has 0 unspecified atom stereocenters. The molecule has 0 amide bonds. The van der Waals surface area contributed by atoms with Crippen molar-refractivity contribution in [3.63, 3.8) is 0 Å². The highest BCUT2D eigenvalue weighted by Crippen LogP contribution is 2.33. The van der Waals surface area contributed by atoms with Crippen molar-refractivity contribution in [3.05, 3.63) is 11.5 Å². The Morgan fingerprint density at radius 2 is 2.07 bits per heavy atom. The van der Waals surface area contributed by atoms with E-state index in [1.165, 1.54) is 31.5 Å². The van der Waals surface area contributed by atoms with Crippen molar-refractivity contribution < 1.29 is 9.57 Å². The first-order valence-electron chi connectivity index (χ1n) is 5.13.